The Labute approximate surface area is 218 Å². The molecule has 1 aliphatic rings. The number of fused-ring (bicyclic) bond motifs is 1. The fourth-order valence-electron chi connectivity index (χ4n) is 4.08. The molecule has 1 amide bonds. The lowest BCUT2D eigenvalue weighted by Gasteiger charge is -2.32. The van der Waals surface area contributed by atoms with E-state index >= 15 is 0 Å². The van der Waals surface area contributed by atoms with Gasteiger partial charge >= 0.3 is 11.1 Å². The van der Waals surface area contributed by atoms with Crippen molar-refractivity contribution in [3.63, 3.8) is 0 Å². The molecule has 0 bridgehead atoms. The topological polar surface area (TPSA) is 127 Å². The van der Waals surface area contributed by atoms with Crippen molar-refractivity contribution >= 4 is 34.5 Å². The van der Waals surface area contributed by atoms with Crippen LogP contribution in [0.3, 0.4) is 0 Å². The van der Waals surface area contributed by atoms with Crippen LogP contribution in [0.4, 0.5) is 26.2 Å². The van der Waals surface area contributed by atoms with Gasteiger partial charge in [0.1, 0.15) is 5.82 Å². The molecule has 1 aliphatic heterocycles. The van der Waals surface area contributed by atoms with Crippen LogP contribution in [0.1, 0.15) is 45.6 Å². The van der Waals surface area contributed by atoms with Gasteiger partial charge in [-0.3, -0.25) is 19.0 Å². The van der Waals surface area contributed by atoms with E-state index in [4.69, 9.17) is 0 Å². The number of piperidine rings is 1. The van der Waals surface area contributed by atoms with Crippen LogP contribution in [0.2, 0.25) is 0 Å². The minimum atomic E-state index is -2.68. The van der Waals surface area contributed by atoms with Gasteiger partial charge < -0.3 is 20.1 Å². The molecule has 0 unspecified atom stereocenters. The van der Waals surface area contributed by atoms with Crippen molar-refractivity contribution in [3.8, 4) is 0 Å². The Hall–Kier alpha value is -3.90. The van der Waals surface area contributed by atoms with Crippen molar-refractivity contribution in [2.75, 3.05) is 30.4 Å². The molecule has 3 aromatic heterocycles. The summed E-state index contributed by atoms with van der Waals surface area (Å²) in [5.41, 5.74) is 0.469. The van der Waals surface area contributed by atoms with Gasteiger partial charge in [-0.2, -0.15) is 4.98 Å². The van der Waals surface area contributed by atoms with Crippen molar-refractivity contribution < 1.29 is 13.6 Å². The Morgan fingerprint density at radius 1 is 1.11 bits per heavy atom. The van der Waals surface area contributed by atoms with Crippen molar-refractivity contribution in [2.45, 2.75) is 58.9 Å². The summed E-state index contributed by atoms with van der Waals surface area (Å²) < 4.78 is 29.6. The molecule has 13 heteroatoms. The number of hydrogen-bond donors (Lipinski definition) is 2. The van der Waals surface area contributed by atoms with Crippen molar-refractivity contribution in [2.24, 2.45) is 7.05 Å². The predicted molar refractivity (Wildman–Crippen MR) is 142 cm³/mol. The first-order chi connectivity index (χ1) is 18.1. The number of carbonyl (C=O) groups excluding carboxylic acids is 1. The highest BCUT2D eigenvalue weighted by atomic mass is 19.3. The van der Waals surface area contributed by atoms with Gasteiger partial charge in [-0.15, -0.1) is 0 Å². The quantitative estimate of drug-likeness (QED) is 0.445. The second-order valence-electron chi connectivity index (χ2n) is 8.68. The van der Waals surface area contributed by atoms with Gasteiger partial charge in [-0.05, 0) is 12.5 Å². The van der Waals surface area contributed by atoms with Gasteiger partial charge in [0.25, 0.3) is 5.92 Å². The number of nitrogens with one attached hydrogen (secondary N) is 2. The molecule has 0 spiro atoms. The molecule has 0 radical (unpaired) electrons. The lowest BCUT2D eigenvalue weighted by molar-refractivity contribution is -0.120. The average molecular weight is 533 g/mol. The standard InChI is InChI=1S/C23H28F2N8O3.C2H6/c1-4-14-12-28-22(32-9-6-23(24,25)7-10-32)30-18(14)29-15-11-16-19(27-13-15)31(3)20(35)21(36)33(16)8-5-17(34)26-2;1-2/h11-13H,4-10H2,1-3H3,(H,26,34)(H,28,29,30);1-2H3. The van der Waals surface area contributed by atoms with E-state index in [-0.39, 0.29) is 50.5 Å². The van der Waals surface area contributed by atoms with Crippen LogP contribution in [0.5, 0.6) is 0 Å². The molecule has 1 saturated heterocycles. The van der Waals surface area contributed by atoms with E-state index in [0.717, 1.165) is 5.56 Å². The summed E-state index contributed by atoms with van der Waals surface area (Å²) >= 11 is 0. The fourth-order valence-corrected chi connectivity index (χ4v) is 4.08. The van der Waals surface area contributed by atoms with Gasteiger partial charge in [-0.25, -0.2) is 18.7 Å². The number of pyridine rings is 1. The average Bonchev–Trinajstić information content (AvgIpc) is 2.92. The summed E-state index contributed by atoms with van der Waals surface area (Å²) in [6.45, 7) is 6.26. The van der Waals surface area contributed by atoms with Crippen LogP contribution in [0.15, 0.2) is 28.0 Å². The minimum absolute atomic E-state index is 0.00762. The molecule has 0 aromatic carbocycles. The number of aromatic nitrogens is 5. The lowest BCUT2D eigenvalue weighted by Crippen LogP contribution is -2.41. The van der Waals surface area contributed by atoms with E-state index in [1.54, 1.807) is 17.2 Å². The largest absolute Gasteiger partial charge is 0.359 e. The molecule has 11 nitrogen and oxygen atoms in total. The smallest absolute Gasteiger partial charge is 0.317 e. The van der Waals surface area contributed by atoms with Gasteiger partial charge in [0, 0.05) is 64.8 Å². The molecule has 206 valence electrons. The van der Waals surface area contributed by atoms with Crippen molar-refractivity contribution in [1.82, 2.24) is 29.4 Å². The molecule has 0 saturated carbocycles. The molecule has 1 fully saturated rings. The van der Waals surface area contributed by atoms with Gasteiger partial charge in [0.15, 0.2) is 5.65 Å². The number of nitrogens with zero attached hydrogens (tertiary/aromatic N) is 6. The van der Waals surface area contributed by atoms with Crippen LogP contribution in [0, 0.1) is 0 Å². The summed E-state index contributed by atoms with van der Waals surface area (Å²) in [6.07, 6.45) is 3.30. The second-order valence-corrected chi connectivity index (χ2v) is 8.68. The highest BCUT2D eigenvalue weighted by Crippen LogP contribution is 2.30. The monoisotopic (exact) mass is 532 g/mol. The Morgan fingerprint density at radius 2 is 1.79 bits per heavy atom. The normalized spacial score (nSPS) is 14.6. The number of amides is 1. The maximum absolute atomic E-state index is 13.6. The third kappa shape index (κ3) is 6.14. The highest BCUT2D eigenvalue weighted by molar-refractivity contribution is 5.78. The van der Waals surface area contributed by atoms with Crippen molar-refractivity contribution in [1.29, 1.82) is 0 Å². The SMILES string of the molecule is CC.CCc1cnc(N2CCC(F)(F)CC2)nc1Nc1cnc2c(c1)n(CCC(=O)NC)c(=O)c(=O)n2C. The van der Waals surface area contributed by atoms with Crippen LogP contribution >= 0.6 is 0 Å². The zero-order chi connectivity index (χ0) is 28.0. The van der Waals surface area contributed by atoms with E-state index in [0.29, 0.717) is 29.4 Å². The lowest BCUT2D eigenvalue weighted by atomic mass is 10.1. The molecular formula is C25H34F2N8O3. The number of halogens is 2. The Morgan fingerprint density at radius 3 is 2.42 bits per heavy atom. The molecule has 4 heterocycles. The summed E-state index contributed by atoms with van der Waals surface area (Å²) in [4.78, 5) is 51.9. The van der Waals surface area contributed by atoms with E-state index in [2.05, 4.69) is 25.6 Å². The summed E-state index contributed by atoms with van der Waals surface area (Å²) in [5.74, 6) is -2.10. The second kappa shape index (κ2) is 12.1. The number of hydrogen-bond acceptors (Lipinski definition) is 8. The first kappa shape index (κ1) is 28.7. The number of alkyl halides is 2. The van der Waals surface area contributed by atoms with Gasteiger partial charge in [0.2, 0.25) is 11.9 Å². The van der Waals surface area contributed by atoms with Crippen molar-refractivity contribution in [3.05, 3.63) is 44.7 Å². The molecule has 38 heavy (non-hydrogen) atoms. The molecule has 4 rings (SSSR count). The predicted octanol–water partition coefficient (Wildman–Crippen LogP) is 2.59. The fraction of sp³-hybridized carbons (Fsp3) is 0.520. The van der Waals surface area contributed by atoms with Crippen LogP contribution in [0.25, 0.3) is 11.2 Å². The third-order valence-electron chi connectivity index (χ3n) is 6.30. The van der Waals surface area contributed by atoms with Gasteiger partial charge in [0.05, 0.1) is 17.4 Å². The first-order valence-electron chi connectivity index (χ1n) is 12.7. The van der Waals surface area contributed by atoms with Crippen LogP contribution < -0.4 is 26.7 Å². The summed E-state index contributed by atoms with van der Waals surface area (Å²) in [5, 5.41) is 5.69. The third-order valence-corrected chi connectivity index (χ3v) is 6.30. The highest BCUT2D eigenvalue weighted by Gasteiger charge is 2.35. The van der Waals surface area contributed by atoms with E-state index in [1.807, 2.05) is 20.8 Å². The molecular weight excluding hydrogens is 498 g/mol. The maximum Gasteiger partial charge on any atom is 0.317 e. The Kier molecular flexibility index (Phi) is 9.13. The van der Waals surface area contributed by atoms with E-state index in [1.165, 1.54) is 29.4 Å². The zero-order valence-electron chi connectivity index (χ0n) is 22.3. The summed E-state index contributed by atoms with van der Waals surface area (Å²) in [7, 11) is 2.96. The Bertz CT molecular complexity index is 1410. The number of rotatable bonds is 7. The van der Waals surface area contributed by atoms with E-state index in [9.17, 15) is 23.2 Å². The van der Waals surface area contributed by atoms with Crippen LogP contribution in [-0.4, -0.2) is 56.1 Å². The molecule has 3 aromatic rings. The molecule has 2 N–H and O–H groups in total. The molecule has 0 atom stereocenters. The zero-order valence-corrected chi connectivity index (χ0v) is 22.3. The molecule has 0 aliphatic carbocycles. The number of carbonyl (C=O) groups is 1. The maximum atomic E-state index is 13.6. The number of anilines is 3. The van der Waals surface area contributed by atoms with E-state index < -0.39 is 17.0 Å². The van der Waals surface area contributed by atoms with Crippen LogP contribution in [-0.2, 0) is 24.8 Å². The number of aryl methyl sites for hydroxylation is 3. The first-order valence-corrected chi connectivity index (χ1v) is 12.7. The Balaban J connectivity index is 0.00000195. The van der Waals surface area contributed by atoms with Gasteiger partial charge in [-0.1, -0.05) is 20.8 Å². The summed E-state index contributed by atoms with van der Waals surface area (Å²) in [6, 6.07) is 1.66. The minimum Gasteiger partial charge on any atom is -0.359 e.